The minimum Gasteiger partial charge on any atom is -0.474 e. The summed E-state index contributed by atoms with van der Waals surface area (Å²) in [5.41, 5.74) is 0.767. The van der Waals surface area contributed by atoms with Crippen LogP contribution in [0.25, 0.3) is 0 Å². The number of aliphatic hydroxyl groups excluding tert-OH is 1. The van der Waals surface area contributed by atoms with Gasteiger partial charge in [0, 0.05) is 30.1 Å². The maximum Gasteiger partial charge on any atom is 0.269 e. The lowest BCUT2D eigenvalue weighted by Gasteiger charge is -2.54. The summed E-state index contributed by atoms with van der Waals surface area (Å²) in [5, 5.41) is 9.38. The molecule has 7 heteroatoms. The highest BCUT2D eigenvalue weighted by atomic mass is 19.3. The fourth-order valence-electron chi connectivity index (χ4n) is 4.71. The number of alkyl halides is 2. The average molecular weight is 394 g/mol. The van der Waals surface area contributed by atoms with Gasteiger partial charge in [-0.05, 0) is 57.1 Å². The van der Waals surface area contributed by atoms with Gasteiger partial charge in [0.1, 0.15) is 6.10 Å². The lowest BCUT2D eigenvalue weighted by atomic mass is 9.67. The molecule has 1 aromatic heterocycles. The normalized spacial score (nSPS) is 26.8. The van der Waals surface area contributed by atoms with E-state index >= 15 is 0 Å². The van der Waals surface area contributed by atoms with Crippen LogP contribution in [-0.4, -0.2) is 46.2 Å². The van der Waals surface area contributed by atoms with Crippen molar-refractivity contribution in [2.24, 2.45) is 11.3 Å². The largest absolute Gasteiger partial charge is 0.474 e. The molecule has 5 nitrogen and oxygen atoms in total. The van der Waals surface area contributed by atoms with Crippen molar-refractivity contribution in [1.82, 2.24) is 9.88 Å². The van der Waals surface area contributed by atoms with Crippen LogP contribution in [0, 0.1) is 11.3 Å². The van der Waals surface area contributed by atoms with Crippen molar-refractivity contribution in [3.63, 3.8) is 0 Å². The molecule has 1 amide bonds. The monoisotopic (exact) mass is 394 g/mol. The van der Waals surface area contributed by atoms with Gasteiger partial charge in [-0.3, -0.25) is 4.79 Å². The maximum absolute atomic E-state index is 13.3. The average Bonchev–Trinajstić information content (AvgIpc) is 2.63. The standard InChI is InChI=1S/C21H28F2N2O3/c1-2-14-3-4-17(18(22)23)19(24-14)28-16-5-7-21(8-6-16)11-25(12-21)20(27)13-9-15(26)10-13/h3-4,13,15-16,18,26H,2,5-12H2,1H3. The predicted molar refractivity (Wildman–Crippen MR) is 99.2 cm³/mol. The van der Waals surface area contributed by atoms with E-state index in [4.69, 9.17) is 4.74 Å². The number of rotatable bonds is 5. The van der Waals surface area contributed by atoms with Gasteiger partial charge in [0.25, 0.3) is 6.43 Å². The molecule has 1 saturated heterocycles. The van der Waals surface area contributed by atoms with Crippen LogP contribution >= 0.6 is 0 Å². The van der Waals surface area contributed by atoms with Gasteiger partial charge in [0.2, 0.25) is 11.8 Å². The Morgan fingerprint density at radius 1 is 1.32 bits per heavy atom. The number of hydrogen-bond acceptors (Lipinski definition) is 4. The first-order chi connectivity index (χ1) is 13.4. The Bertz CT molecular complexity index is 720. The number of hydrogen-bond donors (Lipinski definition) is 1. The zero-order chi connectivity index (χ0) is 19.9. The van der Waals surface area contributed by atoms with Crippen molar-refractivity contribution < 1.29 is 23.4 Å². The van der Waals surface area contributed by atoms with Crippen LogP contribution in [0.2, 0.25) is 0 Å². The van der Waals surface area contributed by atoms with Crippen molar-refractivity contribution in [2.45, 2.75) is 70.5 Å². The lowest BCUT2D eigenvalue weighted by molar-refractivity contribution is -0.158. The zero-order valence-corrected chi connectivity index (χ0v) is 16.2. The Kier molecular flexibility index (Phi) is 5.29. The summed E-state index contributed by atoms with van der Waals surface area (Å²) in [6.07, 6.45) is 2.32. The number of carbonyl (C=O) groups is 1. The van der Waals surface area contributed by atoms with Gasteiger partial charge in [0.15, 0.2) is 0 Å². The Hall–Kier alpha value is -1.76. The van der Waals surface area contributed by atoms with E-state index < -0.39 is 6.43 Å². The van der Waals surface area contributed by atoms with Crippen LogP contribution in [0.15, 0.2) is 12.1 Å². The van der Waals surface area contributed by atoms with Gasteiger partial charge in [-0.1, -0.05) is 6.92 Å². The number of likely N-dealkylation sites (tertiary alicyclic amines) is 1. The van der Waals surface area contributed by atoms with E-state index in [1.165, 1.54) is 6.07 Å². The molecule has 1 spiro atoms. The summed E-state index contributed by atoms with van der Waals surface area (Å²) in [4.78, 5) is 18.6. The Balaban J connectivity index is 1.30. The van der Waals surface area contributed by atoms with Crippen LogP contribution in [0.5, 0.6) is 5.88 Å². The van der Waals surface area contributed by atoms with Crippen molar-refractivity contribution in [3.05, 3.63) is 23.4 Å². The second-order valence-electron chi connectivity index (χ2n) is 8.68. The third-order valence-corrected chi connectivity index (χ3v) is 6.64. The minimum atomic E-state index is -2.60. The SMILES string of the molecule is CCc1ccc(C(F)F)c(OC2CCC3(CC2)CN(C(=O)C2CC(O)C2)C3)n1. The maximum atomic E-state index is 13.3. The van der Waals surface area contributed by atoms with Crippen LogP contribution in [-0.2, 0) is 11.2 Å². The summed E-state index contributed by atoms with van der Waals surface area (Å²) in [7, 11) is 0. The predicted octanol–water partition coefficient (Wildman–Crippen LogP) is 3.50. The van der Waals surface area contributed by atoms with E-state index in [2.05, 4.69) is 4.98 Å². The fraction of sp³-hybridized carbons (Fsp3) is 0.714. The number of aliphatic hydroxyl groups is 1. The third-order valence-electron chi connectivity index (χ3n) is 6.64. The summed E-state index contributed by atoms with van der Waals surface area (Å²) in [5.74, 6) is 0.248. The zero-order valence-electron chi connectivity index (χ0n) is 16.2. The molecule has 2 aliphatic carbocycles. The molecular formula is C21H28F2N2O3. The first-order valence-electron chi connectivity index (χ1n) is 10.3. The molecule has 3 aliphatic rings. The van der Waals surface area contributed by atoms with E-state index in [9.17, 15) is 18.7 Å². The molecule has 2 heterocycles. The molecule has 28 heavy (non-hydrogen) atoms. The van der Waals surface area contributed by atoms with Crippen molar-refractivity contribution >= 4 is 5.91 Å². The molecule has 0 atom stereocenters. The molecule has 0 radical (unpaired) electrons. The summed E-state index contributed by atoms with van der Waals surface area (Å²) < 4.78 is 32.4. The first kappa shape index (κ1) is 19.6. The van der Waals surface area contributed by atoms with Crippen LogP contribution in [0.1, 0.15) is 63.1 Å². The van der Waals surface area contributed by atoms with Crippen LogP contribution in [0.3, 0.4) is 0 Å². The summed E-state index contributed by atoms with van der Waals surface area (Å²) in [6.45, 7) is 3.49. The molecule has 0 bridgehead atoms. The van der Waals surface area contributed by atoms with Crippen molar-refractivity contribution in [3.8, 4) is 5.88 Å². The molecule has 0 aromatic carbocycles. The molecule has 0 unspecified atom stereocenters. The molecule has 3 fully saturated rings. The molecular weight excluding hydrogens is 366 g/mol. The highest BCUT2D eigenvalue weighted by Crippen LogP contribution is 2.46. The van der Waals surface area contributed by atoms with Gasteiger partial charge < -0.3 is 14.7 Å². The number of pyridine rings is 1. The number of nitrogens with zero attached hydrogens (tertiary/aromatic N) is 2. The summed E-state index contributed by atoms with van der Waals surface area (Å²) in [6, 6.07) is 3.05. The Morgan fingerprint density at radius 2 is 2.00 bits per heavy atom. The van der Waals surface area contributed by atoms with E-state index in [0.717, 1.165) is 44.5 Å². The molecule has 2 saturated carbocycles. The van der Waals surface area contributed by atoms with Gasteiger partial charge in [-0.15, -0.1) is 0 Å². The van der Waals surface area contributed by atoms with E-state index in [1.54, 1.807) is 6.07 Å². The van der Waals surface area contributed by atoms with Crippen molar-refractivity contribution in [1.29, 1.82) is 0 Å². The van der Waals surface area contributed by atoms with Crippen LogP contribution in [0.4, 0.5) is 8.78 Å². The number of aromatic nitrogens is 1. The fourth-order valence-corrected chi connectivity index (χ4v) is 4.71. The van der Waals surface area contributed by atoms with Crippen molar-refractivity contribution in [2.75, 3.05) is 13.1 Å². The summed E-state index contributed by atoms with van der Waals surface area (Å²) >= 11 is 0. The highest BCUT2D eigenvalue weighted by Gasteiger charge is 2.49. The van der Waals surface area contributed by atoms with E-state index in [0.29, 0.717) is 19.3 Å². The molecule has 1 aromatic rings. The number of amides is 1. The topological polar surface area (TPSA) is 62.7 Å². The minimum absolute atomic E-state index is 0.00305. The van der Waals surface area contributed by atoms with Gasteiger partial charge in [-0.25, -0.2) is 13.8 Å². The van der Waals surface area contributed by atoms with Gasteiger partial charge in [-0.2, -0.15) is 0 Å². The van der Waals surface area contributed by atoms with Gasteiger partial charge >= 0.3 is 0 Å². The first-order valence-corrected chi connectivity index (χ1v) is 10.3. The lowest BCUT2D eigenvalue weighted by Crippen LogP contribution is -2.62. The van der Waals surface area contributed by atoms with E-state index in [1.807, 2.05) is 11.8 Å². The number of halogens is 2. The number of ether oxygens (including phenoxy) is 1. The smallest absolute Gasteiger partial charge is 0.269 e. The highest BCUT2D eigenvalue weighted by molar-refractivity contribution is 5.80. The number of aryl methyl sites for hydroxylation is 1. The quantitative estimate of drug-likeness (QED) is 0.830. The van der Waals surface area contributed by atoms with Crippen LogP contribution < -0.4 is 4.74 Å². The molecule has 1 aliphatic heterocycles. The second-order valence-corrected chi connectivity index (χ2v) is 8.68. The Labute approximate surface area is 164 Å². The molecule has 4 rings (SSSR count). The van der Waals surface area contributed by atoms with Gasteiger partial charge in [0.05, 0.1) is 11.7 Å². The number of carbonyl (C=O) groups excluding carboxylic acids is 1. The Morgan fingerprint density at radius 3 is 2.57 bits per heavy atom. The third kappa shape index (κ3) is 3.73. The molecule has 154 valence electrons. The van der Waals surface area contributed by atoms with E-state index in [-0.39, 0.29) is 40.9 Å². The molecule has 1 N–H and O–H groups in total. The second kappa shape index (κ2) is 7.58.